The van der Waals surface area contributed by atoms with Crippen molar-refractivity contribution in [2.75, 3.05) is 12.4 Å². The first kappa shape index (κ1) is 17.4. The van der Waals surface area contributed by atoms with Crippen molar-refractivity contribution in [1.82, 2.24) is 0 Å². The van der Waals surface area contributed by atoms with Crippen LogP contribution in [0.3, 0.4) is 0 Å². The molecule has 0 saturated heterocycles. The predicted octanol–water partition coefficient (Wildman–Crippen LogP) is 1.81. The van der Waals surface area contributed by atoms with Crippen LogP contribution in [0.2, 0.25) is 0 Å². The van der Waals surface area contributed by atoms with E-state index >= 15 is 0 Å². The molecule has 2 aromatic carbocycles. The van der Waals surface area contributed by atoms with E-state index in [9.17, 15) is 16.8 Å². The van der Waals surface area contributed by atoms with Gasteiger partial charge in [0.1, 0.15) is 0 Å². The lowest BCUT2D eigenvalue weighted by molar-refractivity contribution is 0.342. The molecule has 0 aliphatic carbocycles. The molecule has 0 aliphatic rings. The van der Waals surface area contributed by atoms with Crippen molar-refractivity contribution in [1.29, 1.82) is 0 Å². The van der Waals surface area contributed by atoms with Crippen LogP contribution in [-0.2, 0) is 19.7 Å². The Kier molecular flexibility index (Phi) is 5.35. The van der Waals surface area contributed by atoms with Crippen molar-refractivity contribution in [3.8, 4) is 0 Å². The van der Waals surface area contributed by atoms with Crippen LogP contribution in [0, 0.1) is 0 Å². The lowest BCUT2D eigenvalue weighted by Crippen LogP contribution is -2.16. The Balaban J connectivity index is 2.44. The molecule has 23 heavy (non-hydrogen) atoms. The summed E-state index contributed by atoms with van der Waals surface area (Å²) >= 11 is 0. The van der Waals surface area contributed by atoms with E-state index in [0.717, 1.165) is 6.08 Å². The molecule has 0 saturated carbocycles. The van der Waals surface area contributed by atoms with Crippen LogP contribution in [0.1, 0.15) is 0 Å². The first-order valence-electron chi connectivity index (χ1n) is 6.76. The lowest BCUT2D eigenvalue weighted by atomic mass is 10.4. The number of benzene rings is 2. The summed E-state index contributed by atoms with van der Waals surface area (Å²) in [6, 6.07) is 15.1. The average molecular weight is 352 g/mol. The van der Waals surface area contributed by atoms with Crippen LogP contribution in [0.4, 0.5) is 0 Å². The van der Waals surface area contributed by atoms with Crippen LogP contribution >= 0.6 is 0 Å². The Morgan fingerprint density at radius 3 is 1.78 bits per heavy atom. The van der Waals surface area contributed by atoms with E-state index < -0.39 is 32.0 Å². The summed E-state index contributed by atoms with van der Waals surface area (Å²) in [5.41, 5.74) is 0. The SMILES string of the molecule is O=S(=O)(C/C(=C\CO)S(=O)(=O)c1ccccc1)c1ccccc1. The second-order valence-corrected chi connectivity index (χ2v) is 8.73. The first-order valence-corrected chi connectivity index (χ1v) is 9.89. The third-order valence-electron chi connectivity index (χ3n) is 3.15. The number of rotatable bonds is 6. The molecule has 5 nitrogen and oxygen atoms in total. The largest absolute Gasteiger partial charge is 0.392 e. The number of aliphatic hydroxyl groups is 1. The molecule has 0 unspecified atom stereocenters. The Hall–Kier alpha value is -1.96. The lowest BCUT2D eigenvalue weighted by Gasteiger charge is -2.10. The van der Waals surface area contributed by atoms with Gasteiger partial charge in [0.25, 0.3) is 0 Å². The van der Waals surface area contributed by atoms with Gasteiger partial charge in [0.15, 0.2) is 9.84 Å². The summed E-state index contributed by atoms with van der Waals surface area (Å²) in [5, 5.41) is 9.08. The molecule has 0 heterocycles. The van der Waals surface area contributed by atoms with Crippen LogP contribution in [0.5, 0.6) is 0 Å². The molecule has 2 rings (SSSR count). The van der Waals surface area contributed by atoms with Gasteiger partial charge in [0.2, 0.25) is 9.84 Å². The Labute approximate surface area is 135 Å². The Morgan fingerprint density at radius 2 is 1.30 bits per heavy atom. The van der Waals surface area contributed by atoms with Crippen molar-refractivity contribution < 1.29 is 21.9 Å². The minimum Gasteiger partial charge on any atom is -0.392 e. The number of hydrogen-bond acceptors (Lipinski definition) is 5. The minimum atomic E-state index is -3.98. The fourth-order valence-electron chi connectivity index (χ4n) is 2.00. The van der Waals surface area contributed by atoms with Gasteiger partial charge in [-0.1, -0.05) is 36.4 Å². The van der Waals surface area contributed by atoms with Gasteiger partial charge in [-0.15, -0.1) is 0 Å². The van der Waals surface area contributed by atoms with Gasteiger partial charge in [-0.3, -0.25) is 0 Å². The molecule has 0 aliphatic heterocycles. The van der Waals surface area contributed by atoms with Crippen LogP contribution < -0.4 is 0 Å². The van der Waals surface area contributed by atoms with Crippen LogP contribution in [0.15, 0.2) is 81.4 Å². The maximum atomic E-state index is 12.6. The standard InChI is InChI=1S/C16H16O5S2/c17-12-11-16(23(20,21)15-9-5-2-6-10-15)13-22(18,19)14-7-3-1-4-8-14/h1-11,17H,12-13H2/b16-11+. The second kappa shape index (κ2) is 7.08. The van der Waals surface area contributed by atoms with Crippen molar-refractivity contribution >= 4 is 19.7 Å². The summed E-state index contributed by atoms with van der Waals surface area (Å²) in [7, 11) is -7.81. The maximum Gasteiger partial charge on any atom is 0.203 e. The molecule has 2 aromatic rings. The van der Waals surface area contributed by atoms with Crippen LogP contribution in [0.25, 0.3) is 0 Å². The second-order valence-electron chi connectivity index (χ2n) is 4.74. The summed E-state index contributed by atoms with van der Waals surface area (Å²) in [6.45, 7) is -0.564. The van der Waals surface area contributed by atoms with E-state index in [1.807, 2.05) is 0 Å². The highest BCUT2D eigenvalue weighted by Crippen LogP contribution is 2.23. The van der Waals surface area contributed by atoms with E-state index in [1.165, 1.54) is 24.3 Å². The van der Waals surface area contributed by atoms with Crippen molar-refractivity contribution in [3.05, 3.63) is 71.6 Å². The highest BCUT2D eigenvalue weighted by Gasteiger charge is 2.26. The van der Waals surface area contributed by atoms with Crippen molar-refractivity contribution in [2.45, 2.75) is 9.79 Å². The summed E-state index contributed by atoms with van der Waals surface area (Å²) in [5.74, 6) is -0.700. The molecule has 0 amide bonds. The van der Waals surface area contributed by atoms with E-state index in [0.29, 0.717) is 0 Å². The minimum absolute atomic E-state index is 0.0111. The van der Waals surface area contributed by atoms with E-state index in [1.54, 1.807) is 36.4 Å². The zero-order chi connectivity index (χ0) is 16.9. The fraction of sp³-hybridized carbons (Fsp3) is 0.125. The van der Waals surface area contributed by atoms with Crippen molar-refractivity contribution in [3.63, 3.8) is 0 Å². The maximum absolute atomic E-state index is 12.6. The van der Waals surface area contributed by atoms with E-state index in [2.05, 4.69) is 0 Å². The Morgan fingerprint density at radius 1 is 0.826 bits per heavy atom. The molecular formula is C16H16O5S2. The molecule has 7 heteroatoms. The third kappa shape index (κ3) is 4.07. The molecule has 1 N–H and O–H groups in total. The van der Waals surface area contributed by atoms with Gasteiger partial charge < -0.3 is 5.11 Å². The average Bonchev–Trinajstić information content (AvgIpc) is 2.56. The smallest absolute Gasteiger partial charge is 0.203 e. The number of sulfone groups is 2. The zero-order valence-electron chi connectivity index (χ0n) is 12.2. The van der Waals surface area contributed by atoms with Crippen LogP contribution in [-0.4, -0.2) is 34.3 Å². The molecule has 0 bridgehead atoms. The van der Waals surface area contributed by atoms with Crippen molar-refractivity contribution in [2.24, 2.45) is 0 Å². The Bertz CT molecular complexity index is 884. The summed E-state index contributed by atoms with van der Waals surface area (Å²) in [4.78, 5) is -0.315. The van der Waals surface area contributed by atoms with E-state index in [4.69, 9.17) is 5.11 Å². The monoisotopic (exact) mass is 352 g/mol. The molecule has 0 atom stereocenters. The molecule has 0 aromatic heterocycles. The fourth-order valence-corrected chi connectivity index (χ4v) is 5.43. The number of aliphatic hydroxyl groups excluding tert-OH is 1. The summed E-state index contributed by atoms with van der Waals surface area (Å²) in [6.07, 6.45) is 1.02. The molecule has 122 valence electrons. The third-order valence-corrected chi connectivity index (χ3v) is 6.91. The van der Waals surface area contributed by atoms with Gasteiger partial charge in [-0.05, 0) is 30.3 Å². The molecule has 0 spiro atoms. The summed E-state index contributed by atoms with van der Waals surface area (Å²) < 4.78 is 50.0. The topological polar surface area (TPSA) is 88.5 Å². The van der Waals surface area contributed by atoms with Gasteiger partial charge in [-0.2, -0.15) is 0 Å². The molecule has 0 radical (unpaired) electrons. The predicted molar refractivity (Wildman–Crippen MR) is 87.3 cm³/mol. The van der Waals surface area contributed by atoms with Gasteiger partial charge in [0, 0.05) is 0 Å². The quantitative estimate of drug-likeness (QED) is 0.856. The highest BCUT2D eigenvalue weighted by atomic mass is 32.2. The highest BCUT2D eigenvalue weighted by molar-refractivity contribution is 7.98. The normalized spacial score (nSPS) is 13.0. The van der Waals surface area contributed by atoms with E-state index in [-0.39, 0.29) is 14.7 Å². The van der Waals surface area contributed by atoms with Gasteiger partial charge in [0.05, 0.1) is 27.1 Å². The zero-order valence-corrected chi connectivity index (χ0v) is 13.8. The number of hydrogen-bond donors (Lipinski definition) is 1. The van der Waals surface area contributed by atoms with Gasteiger partial charge >= 0.3 is 0 Å². The molecule has 0 fully saturated rings. The molecular weight excluding hydrogens is 336 g/mol. The first-order chi connectivity index (χ1) is 10.9. The van der Waals surface area contributed by atoms with Gasteiger partial charge in [-0.25, -0.2) is 16.8 Å².